The Morgan fingerprint density at radius 3 is 2.62 bits per heavy atom. The van der Waals surface area contributed by atoms with E-state index in [9.17, 15) is 9.59 Å². The maximum atomic E-state index is 12.3. The summed E-state index contributed by atoms with van der Waals surface area (Å²) in [4.78, 5) is 28.6. The Bertz CT molecular complexity index is 768. The van der Waals surface area contributed by atoms with Gasteiger partial charge in [-0.05, 0) is 44.0 Å². The molecule has 6 heteroatoms. The first kappa shape index (κ1) is 17.9. The molecule has 26 heavy (non-hydrogen) atoms. The second-order valence-electron chi connectivity index (χ2n) is 6.28. The van der Waals surface area contributed by atoms with E-state index in [0.29, 0.717) is 29.2 Å². The second-order valence-corrected chi connectivity index (χ2v) is 6.28. The Balaban J connectivity index is 1.68. The van der Waals surface area contributed by atoms with Crippen LogP contribution in [0.15, 0.2) is 42.6 Å². The maximum absolute atomic E-state index is 12.3. The molecule has 1 aliphatic rings. The van der Waals surface area contributed by atoms with Crippen LogP contribution in [0.5, 0.6) is 0 Å². The summed E-state index contributed by atoms with van der Waals surface area (Å²) in [5.74, 6) is 0.0743. The van der Waals surface area contributed by atoms with Gasteiger partial charge in [0.1, 0.15) is 5.82 Å². The van der Waals surface area contributed by atoms with Gasteiger partial charge in [0.05, 0.1) is 23.4 Å². The summed E-state index contributed by atoms with van der Waals surface area (Å²) in [7, 11) is 0. The smallest absolute Gasteiger partial charge is 0.340 e. The quantitative estimate of drug-likeness (QED) is 0.775. The van der Waals surface area contributed by atoms with E-state index in [-0.39, 0.29) is 17.9 Å². The van der Waals surface area contributed by atoms with Crippen LogP contribution in [0.1, 0.15) is 53.3 Å². The fourth-order valence-electron chi connectivity index (χ4n) is 3.06. The van der Waals surface area contributed by atoms with Gasteiger partial charge in [-0.2, -0.15) is 0 Å². The number of rotatable bonds is 6. The summed E-state index contributed by atoms with van der Waals surface area (Å²) in [5.41, 5.74) is 1.59. The van der Waals surface area contributed by atoms with E-state index in [1.54, 1.807) is 43.5 Å². The Kier molecular flexibility index (Phi) is 5.84. The molecule has 1 aliphatic carbocycles. The summed E-state index contributed by atoms with van der Waals surface area (Å²) in [5, 5.41) is 6.15. The molecule has 0 aliphatic heterocycles. The van der Waals surface area contributed by atoms with Crippen molar-refractivity contribution < 1.29 is 14.3 Å². The van der Waals surface area contributed by atoms with Crippen LogP contribution >= 0.6 is 0 Å². The number of para-hydroxylation sites is 1. The van der Waals surface area contributed by atoms with Crippen molar-refractivity contribution in [3.8, 4) is 0 Å². The van der Waals surface area contributed by atoms with E-state index in [2.05, 4.69) is 15.6 Å². The van der Waals surface area contributed by atoms with Gasteiger partial charge in [0.25, 0.3) is 5.91 Å². The number of carbonyl (C=O) groups excluding carboxylic acids is 2. The zero-order valence-electron chi connectivity index (χ0n) is 14.8. The van der Waals surface area contributed by atoms with E-state index < -0.39 is 0 Å². The highest BCUT2D eigenvalue weighted by Gasteiger charge is 2.18. The summed E-state index contributed by atoms with van der Waals surface area (Å²) in [6, 6.07) is 10.8. The summed E-state index contributed by atoms with van der Waals surface area (Å²) >= 11 is 0. The number of ether oxygens (including phenoxy) is 1. The van der Waals surface area contributed by atoms with Gasteiger partial charge in [-0.1, -0.05) is 25.0 Å². The average molecular weight is 353 g/mol. The van der Waals surface area contributed by atoms with E-state index in [1.165, 1.54) is 12.8 Å². The lowest BCUT2D eigenvalue weighted by atomic mass is 10.1. The van der Waals surface area contributed by atoms with Crippen LogP contribution in [-0.2, 0) is 4.74 Å². The van der Waals surface area contributed by atoms with Gasteiger partial charge in [-0.25, -0.2) is 9.78 Å². The molecule has 0 radical (unpaired) electrons. The fourth-order valence-corrected chi connectivity index (χ4v) is 3.06. The number of esters is 1. The van der Waals surface area contributed by atoms with Gasteiger partial charge in [-0.3, -0.25) is 4.79 Å². The zero-order valence-corrected chi connectivity index (χ0v) is 14.8. The highest BCUT2D eigenvalue weighted by molar-refractivity contribution is 5.96. The number of benzene rings is 1. The van der Waals surface area contributed by atoms with Crippen LogP contribution in [0.3, 0.4) is 0 Å². The second kappa shape index (κ2) is 8.47. The minimum absolute atomic E-state index is 0.0946. The Morgan fingerprint density at radius 2 is 1.92 bits per heavy atom. The summed E-state index contributed by atoms with van der Waals surface area (Å²) in [6.45, 7) is 2.08. The minimum Gasteiger partial charge on any atom is -0.462 e. The zero-order chi connectivity index (χ0) is 18.4. The predicted octanol–water partition coefficient (Wildman–Crippen LogP) is 3.67. The number of hydrogen-bond acceptors (Lipinski definition) is 5. The number of nitrogens with zero attached hydrogens (tertiary/aromatic N) is 1. The van der Waals surface area contributed by atoms with Gasteiger partial charge in [-0.15, -0.1) is 0 Å². The molecule has 0 unspecified atom stereocenters. The van der Waals surface area contributed by atoms with Crippen LogP contribution in [-0.4, -0.2) is 29.5 Å². The third kappa shape index (κ3) is 4.39. The normalized spacial score (nSPS) is 14.0. The Hall–Kier alpha value is -2.89. The van der Waals surface area contributed by atoms with Crippen molar-refractivity contribution in [2.75, 3.05) is 11.9 Å². The van der Waals surface area contributed by atoms with Gasteiger partial charge >= 0.3 is 5.97 Å². The molecule has 1 heterocycles. The Morgan fingerprint density at radius 1 is 1.15 bits per heavy atom. The first-order chi connectivity index (χ1) is 12.7. The van der Waals surface area contributed by atoms with E-state index in [0.717, 1.165) is 12.8 Å². The lowest BCUT2D eigenvalue weighted by Crippen LogP contribution is -2.32. The van der Waals surface area contributed by atoms with Crippen molar-refractivity contribution in [3.05, 3.63) is 53.7 Å². The molecule has 1 amide bonds. The lowest BCUT2D eigenvalue weighted by Gasteiger charge is -2.13. The molecular formula is C20H23N3O3. The molecule has 1 fully saturated rings. The molecule has 1 saturated carbocycles. The summed E-state index contributed by atoms with van der Waals surface area (Å²) < 4.78 is 5.07. The average Bonchev–Trinajstić information content (AvgIpc) is 3.16. The number of anilines is 2. The Labute approximate surface area is 153 Å². The maximum Gasteiger partial charge on any atom is 0.340 e. The van der Waals surface area contributed by atoms with Gasteiger partial charge in [0.15, 0.2) is 0 Å². The van der Waals surface area contributed by atoms with E-state index >= 15 is 0 Å². The molecule has 2 N–H and O–H groups in total. The molecule has 1 aromatic carbocycles. The van der Waals surface area contributed by atoms with Gasteiger partial charge < -0.3 is 15.4 Å². The molecule has 0 spiro atoms. The number of aromatic nitrogens is 1. The van der Waals surface area contributed by atoms with Crippen LogP contribution in [0.4, 0.5) is 11.5 Å². The van der Waals surface area contributed by atoms with Gasteiger partial charge in [0, 0.05) is 12.2 Å². The molecule has 6 nitrogen and oxygen atoms in total. The molecule has 3 rings (SSSR count). The molecule has 0 saturated heterocycles. The van der Waals surface area contributed by atoms with Gasteiger partial charge in [0.2, 0.25) is 0 Å². The highest BCUT2D eigenvalue weighted by Crippen LogP contribution is 2.21. The molecule has 136 valence electrons. The number of nitrogens with one attached hydrogen (secondary N) is 2. The molecule has 0 bridgehead atoms. The number of amides is 1. The van der Waals surface area contributed by atoms with Crippen molar-refractivity contribution >= 4 is 23.4 Å². The topological polar surface area (TPSA) is 80.3 Å². The first-order valence-electron chi connectivity index (χ1n) is 8.97. The lowest BCUT2D eigenvalue weighted by molar-refractivity contribution is 0.0527. The predicted molar refractivity (Wildman–Crippen MR) is 99.6 cm³/mol. The number of hydrogen-bond donors (Lipinski definition) is 2. The SMILES string of the molecule is CCOC(=O)c1ccccc1Nc1ccc(C(=O)NC2CCCC2)cn1. The summed E-state index contributed by atoms with van der Waals surface area (Å²) in [6.07, 6.45) is 5.98. The van der Waals surface area contributed by atoms with Crippen molar-refractivity contribution in [1.29, 1.82) is 0 Å². The number of pyridine rings is 1. The molecular weight excluding hydrogens is 330 g/mol. The van der Waals surface area contributed by atoms with E-state index in [4.69, 9.17) is 4.74 Å². The third-order valence-electron chi connectivity index (χ3n) is 4.40. The number of carbonyl (C=O) groups is 2. The van der Waals surface area contributed by atoms with E-state index in [1.807, 2.05) is 6.07 Å². The van der Waals surface area contributed by atoms with Crippen molar-refractivity contribution in [2.45, 2.75) is 38.6 Å². The highest BCUT2D eigenvalue weighted by atomic mass is 16.5. The molecule has 1 aromatic heterocycles. The fraction of sp³-hybridized carbons (Fsp3) is 0.350. The standard InChI is InChI=1S/C20H23N3O3/c1-2-26-20(25)16-9-5-6-10-17(16)23-18-12-11-14(13-21-18)19(24)22-15-7-3-4-8-15/h5-6,9-13,15H,2-4,7-8H2,1H3,(H,21,23)(H,22,24). The largest absolute Gasteiger partial charge is 0.462 e. The minimum atomic E-state index is -0.386. The van der Waals surface area contributed by atoms with Crippen LogP contribution in [0, 0.1) is 0 Å². The monoisotopic (exact) mass is 353 g/mol. The first-order valence-corrected chi connectivity index (χ1v) is 8.97. The van der Waals surface area contributed by atoms with Crippen LogP contribution in [0.25, 0.3) is 0 Å². The molecule has 2 aromatic rings. The molecule has 0 atom stereocenters. The van der Waals surface area contributed by atoms with Crippen molar-refractivity contribution in [2.24, 2.45) is 0 Å². The van der Waals surface area contributed by atoms with Crippen LogP contribution < -0.4 is 10.6 Å². The third-order valence-corrected chi connectivity index (χ3v) is 4.40. The van der Waals surface area contributed by atoms with Crippen molar-refractivity contribution in [1.82, 2.24) is 10.3 Å². The van der Waals surface area contributed by atoms with Crippen LogP contribution in [0.2, 0.25) is 0 Å². The van der Waals surface area contributed by atoms with Crippen molar-refractivity contribution in [3.63, 3.8) is 0 Å².